The number of amides is 2. The van der Waals surface area contributed by atoms with Crippen LogP contribution in [0.1, 0.15) is 23.7 Å². The van der Waals surface area contributed by atoms with Gasteiger partial charge >= 0.3 is 0 Å². The summed E-state index contributed by atoms with van der Waals surface area (Å²) in [4.78, 5) is 22.6. The lowest BCUT2D eigenvalue weighted by Crippen LogP contribution is -2.41. The van der Waals surface area contributed by atoms with E-state index >= 15 is 0 Å². The minimum Gasteiger partial charge on any atom is -0.490 e. The first-order chi connectivity index (χ1) is 8.67. The van der Waals surface area contributed by atoms with Crippen molar-refractivity contribution in [2.45, 2.75) is 13.3 Å². The van der Waals surface area contributed by atoms with E-state index in [-0.39, 0.29) is 11.8 Å². The van der Waals surface area contributed by atoms with E-state index in [1.807, 2.05) is 0 Å². The van der Waals surface area contributed by atoms with Crippen LogP contribution in [-0.2, 0) is 4.79 Å². The molecule has 0 aliphatic carbocycles. The number of ether oxygens (including phenoxy) is 1. The Labute approximate surface area is 106 Å². The normalized spacial score (nSPS) is 9.39. The van der Waals surface area contributed by atoms with Gasteiger partial charge in [0.05, 0.1) is 0 Å². The van der Waals surface area contributed by atoms with Gasteiger partial charge in [-0.05, 0) is 24.3 Å². The topological polar surface area (TPSA) is 67.4 Å². The van der Waals surface area contributed by atoms with Gasteiger partial charge in [-0.1, -0.05) is 19.6 Å². The van der Waals surface area contributed by atoms with Crippen LogP contribution >= 0.6 is 0 Å². The summed E-state index contributed by atoms with van der Waals surface area (Å²) in [7, 11) is 0. The third-order valence-corrected chi connectivity index (χ3v) is 2.12. The summed E-state index contributed by atoms with van der Waals surface area (Å²) in [6, 6.07) is 6.60. The molecule has 1 rings (SSSR count). The number of hydrazine groups is 1. The lowest BCUT2D eigenvalue weighted by Gasteiger charge is -2.07. The SMILES string of the molecule is C=CCOc1ccc(C(=O)NNC(=O)CC)cc1. The predicted molar refractivity (Wildman–Crippen MR) is 68.0 cm³/mol. The molecule has 0 spiro atoms. The quantitative estimate of drug-likeness (QED) is 0.611. The number of hydrogen-bond donors (Lipinski definition) is 2. The molecule has 0 aromatic heterocycles. The lowest BCUT2D eigenvalue weighted by atomic mass is 10.2. The maximum atomic E-state index is 11.6. The predicted octanol–water partition coefficient (Wildman–Crippen LogP) is 1.42. The second-order valence-electron chi connectivity index (χ2n) is 3.48. The Bertz CT molecular complexity index is 426. The monoisotopic (exact) mass is 248 g/mol. The highest BCUT2D eigenvalue weighted by Crippen LogP contribution is 2.11. The van der Waals surface area contributed by atoms with Gasteiger partial charge in [0.25, 0.3) is 5.91 Å². The minimum absolute atomic E-state index is 0.241. The van der Waals surface area contributed by atoms with E-state index in [0.29, 0.717) is 24.3 Å². The molecule has 0 saturated carbocycles. The number of hydrogen-bond acceptors (Lipinski definition) is 3. The summed E-state index contributed by atoms with van der Waals surface area (Å²) in [6.07, 6.45) is 1.95. The van der Waals surface area contributed by atoms with Gasteiger partial charge in [0.2, 0.25) is 5.91 Å². The number of carbonyl (C=O) groups excluding carboxylic acids is 2. The first-order valence-electron chi connectivity index (χ1n) is 5.60. The molecule has 0 radical (unpaired) electrons. The number of benzene rings is 1. The van der Waals surface area contributed by atoms with E-state index < -0.39 is 0 Å². The second-order valence-corrected chi connectivity index (χ2v) is 3.48. The molecule has 5 heteroatoms. The highest BCUT2D eigenvalue weighted by molar-refractivity contribution is 5.95. The summed E-state index contributed by atoms with van der Waals surface area (Å²) < 4.78 is 5.29. The fraction of sp³-hybridized carbons (Fsp3) is 0.231. The molecule has 0 bridgehead atoms. The zero-order valence-electron chi connectivity index (χ0n) is 10.2. The average Bonchev–Trinajstić information content (AvgIpc) is 2.42. The van der Waals surface area contributed by atoms with Crippen LogP contribution in [0.5, 0.6) is 5.75 Å². The Morgan fingerprint density at radius 2 is 1.94 bits per heavy atom. The van der Waals surface area contributed by atoms with Crippen molar-refractivity contribution in [1.29, 1.82) is 0 Å². The van der Waals surface area contributed by atoms with Crippen LogP contribution in [0.2, 0.25) is 0 Å². The largest absolute Gasteiger partial charge is 0.490 e. The zero-order chi connectivity index (χ0) is 13.4. The first-order valence-corrected chi connectivity index (χ1v) is 5.60. The minimum atomic E-state index is -0.368. The van der Waals surface area contributed by atoms with Gasteiger partial charge in [-0.3, -0.25) is 20.4 Å². The van der Waals surface area contributed by atoms with Crippen molar-refractivity contribution in [3.63, 3.8) is 0 Å². The van der Waals surface area contributed by atoms with E-state index in [1.165, 1.54) is 0 Å². The van der Waals surface area contributed by atoms with E-state index in [9.17, 15) is 9.59 Å². The van der Waals surface area contributed by atoms with Crippen LogP contribution in [0, 0.1) is 0 Å². The Morgan fingerprint density at radius 3 is 2.50 bits per heavy atom. The Hall–Kier alpha value is -2.30. The summed E-state index contributed by atoms with van der Waals surface area (Å²) >= 11 is 0. The number of carbonyl (C=O) groups is 2. The Kier molecular flexibility index (Phi) is 5.44. The molecule has 0 heterocycles. The molecule has 0 aliphatic heterocycles. The molecular weight excluding hydrogens is 232 g/mol. The smallest absolute Gasteiger partial charge is 0.269 e. The maximum absolute atomic E-state index is 11.6. The summed E-state index contributed by atoms with van der Waals surface area (Å²) in [6.45, 7) is 5.66. The van der Waals surface area contributed by atoms with Gasteiger partial charge < -0.3 is 4.74 Å². The molecule has 0 saturated heterocycles. The van der Waals surface area contributed by atoms with Crippen molar-refractivity contribution < 1.29 is 14.3 Å². The van der Waals surface area contributed by atoms with Crippen molar-refractivity contribution in [2.75, 3.05) is 6.61 Å². The zero-order valence-corrected chi connectivity index (χ0v) is 10.2. The summed E-state index contributed by atoms with van der Waals surface area (Å²) in [5.74, 6) is 0.0467. The second kappa shape index (κ2) is 7.11. The third kappa shape index (κ3) is 4.29. The molecule has 96 valence electrons. The maximum Gasteiger partial charge on any atom is 0.269 e. The molecule has 0 aliphatic rings. The molecular formula is C13H16N2O3. The van der Waals surface area contributed by atoms with E-state index in [0.717, 1.165) is 0 Å². The van der Waals surface area contributed by atoms with Gasteiger partial charge in [0.1, 0.15) is 12.4 Å². The molecule has 2 amide bonds. The van der Waals surface area contributed by atoms with Crippen LogP contribution < -0.4 is 15.6 Å². The van der Waals surface area contributed by atoms with Crippen molar-refractivity contribution in [3.05, 3.63) is 42.5 Å². The molecule has 0 atom stereocenters. The molecule has 0 fully saturated rings. The highest BCUT2D eigenvalue weighted by atomic mass is 16.5. The van der Waals surface area contributed by atoms with Gasteiger partial charge in [0.15, 0.2) is 0 Å². The van der Waals surface area contributed by atoms with Crippen LogP contribution in [0.15, 0.2) is 36.9 Å². The van der Waals surface area contributed by atoms with E-state index in [2.05, 4.69) is 17.4 Å². The highest BCUT2D eigenvalue weighted by Gasteiger charge is 2.06. The molecule has 18 heavy (non-hydrogen) atoms. The number of nitrogens with one attached hydrogen (secondary N) is 2. The van der Waals surface area contributed by atoms with E-state index in [1.54, 1.807) is 37.3 Å². The molecule has 2 N–H and O–H groups in total. The molecule has 5 nitrogen and oxygen atoms in total. The van der Waals surface area contributed by atoms with E-state index in [4.69, 9.17) is 4.74 Å². The van der Waals surface area contributed by atoms with Crippen molar-refractivity contribution in [2.24, 2.45) is 0 Å². The van der Waals surface area contributed by atoms with Crippen LogP contribution in [-0.4, -0.2) is 18.4 Å². The summed E-state index contributed by atoms with van der Waals surface area (Å²) in [5, 5.41) is 0. The van der Waals surface area contributed by atoms with Crippen molar-refractivity contribution >= 4 is 11.8 Å². The van der Waals surface area contributed by atoms with Crippen LogP contribution in [0.3, 0.4) is 0 Å². The van der Waals surface area contributed by atoms with Gasteiger partial charge in [0, 0.05) is 12.0 Å². The van der Waals surface area contributed by atoms with Crippen LogP contribution in [0.4, 0.5) is 0 Å². The Balaban J connectivity index is 2.53. The fourth-order valence-electron chi connectivity index (χ4n) is 1.14. The molecule has 1 aromatic carbocycles. The summed E-state index contributed by atoms with van der Waals surface area (Å²) in [5.41, 5.74) is 5.06. The molecule has 0 unspecified atom stereocenters. The lowest BCUT2D eigenvalue weighted by molar-refractivity contribution is -0.121. The van der Waals surface area contributed by atoms with Crippen molar-refractivity contribution in [1.82, 2.24) is 10.9 Å². The third-order valence-electron chi connectivity index (χ3n) is 2.12. The fourth-order valence-corrected chi connectivity index (χ4v) is 1.14. The average molecular weight is 248 g/mol. The van der Waals surface area contributed by atoms with Crippen LogP contribution in [0.25, 0.3) is 0 Å². The van der Waals surface area contributed by atoms with Gasteiger partial charge in [-0.15, -0.1) is 0 Å². The Morgan fingerprint density at radius 1 is 1.28 bits per heavy atom. The standard InChI is InChI=1S/C13H16N2O3/c1-3-9-18-11-7-5-10(6-8-11)13(17)15-14-12(16)4-2/h3,5-8H,1,4,9H2,2H3,(H,14,16)(H,15,17). The first kappa shape index (κ1) is 13.8. The number of rotatable bonds is 5. The van der Waals surface area contributed by atoms with Gasteiger partial charge in [-0.25, -0.2) is 0 Å². The molecule has 1 aromatic rings. The van der Waals surface area contributed by atoms with Crippen molar-refractivity contribution in [3.8, 4) is 5.75 Å². The van der Waals surface area contributed by atoms with Gasteiger partial charge in [-0.2, -0.15) is 0 Å².